The Kier molecular flexibility index (Phi) is 4.43. The van der Waals surface area contributed by atoms with Gasteiger partial charge < -0.3 is 0 Å². The van der Waals surface area contributed by atoms with Gasteiger partial charge >= 0.3 is 0 Å². The highest BCUT2D eigenvalue weighted by atomic mass is 35.5. The maximum atomic E-state index is 12.4. The van der Waals surface area contributed by atoms with Crippen LogP contribution in [0.5, 0.6) is 0 Å². The van der Waals surface area contributed by atoms with Crippen molar-refractivity contribution >= 4 is 27.5 Å². The van der Waals surface area contributed by atoms with E-state index in [0.29, 0.717) is 0 Å². The van der Waals surface area contributed by atoms with Gasteiger partial charge in [-0.25, -0.2) is 0 Å². The molecule has 1 N–H and O–H groups in total. The lowest BCUT2D eigenvalue weighted by molar-refractivity contribution is -0.430. The van der Waals surface area contributed by atoms with Gasteiger partial charge in [0.1, 0.15) is 4.87 Å². The molecule has 0 aromatic heterocycles. The normalized spacial score (nSPS) is 24.1. The lowest BCUT2D eigenvalue weighted by Crippen LogP contribution is -2.28. The van der Waals surface area contributed by atoms with E-state index in [-0.39, 0.29) is 11.3 Å². The molecule has 9 heteroatoms. The molecule has 0 radical (unpaired) electrons. The third-order valence-electron chi connectivity index (χ3n) is 3.37. The number of Topliss-reactive ketones (excluding diaryl/α,β-unsaturated/α-hetero) is 1. The molecule has 0 bridgehead atoms. The molecule has 0 aliphatic heterocycles. The van der Waals surface area contributed by atoms with Crippen LogP contribution in [0.1, 0.15) is 17.3 Å². The molecule has 0 spiro atoms. The third-order valence-corrected chi connectivity index (χ3v) is 4.54. The molecule has 2 atom stereocenters. The Bertz CT molecular complexity index is 841. The van der Waals surface area contributed by atoms with E-state index in [1.165, 1.54) is 31.2 Å². The second-order valence-electron chi connectivity index (χ2n) is 5.14. The Balaban J connectivity index is 2.41. The van der Waals surface area contributed by atoms with Crippen molar-refractivity contribution in [2.45, 2.75) is 16.7 Å². The number of hydrogen-bond donors (Lipinski definition) is 1. The second-order valence-corrected chi connectivity index (χ2v) is 7.34. The Labute approximate surface area is 137 Å². The van der Waals surface area contributed by atoms with E-state index >= 15 is 0 Å². The Morgan fingerprint density at radius 3 is 2.65 bits per heavy atom. The molecule has 122 valence electrons. The molecule has 2 rings (SSSR count). The third kappa shape index (κ3) is 3.66. The van der Waals surface area contributed by atoms with E-state index in [4.69, 9.17) is 16.2 Å². The maximum absolute atomic E-state index is 12.4. The highest BCUT2D eigenvalue weighted by molar-refractivity contribution is 7.85. The fraction of sp³-hybridized carbons (Fsp3) is 0.214. The van der Waals surface area contributed by atoms with Gasteiger partial charge in [0.25, 0.3) is 15.8 Å². The van der Waals surface area contributed by atoms with Gasteiger partial charge in [0, 0.05) is 11.6 Å². The SMILES string of the molecule is CC1(Cl)C=CC(C(=O)c2cccc(S(=O)(=O)O)c2)C=C1[N+](=O)[O-]. The minimum absolute atomic E-state index is 0.00639. The van der Waals surface area contributed by atoms with E-state index in [0.717, 1.165) is 18.2 Å². The Morgan fingerprint density at radius 1 is 1.43 bits per heavy atom. The molecular formula is C14H12ClNO6S. The number of ketones is 1. The molecule has 0 saturated heterocycles. The standard InChI is InChI=1S/C14H12ClNO6S/c1-14(15)6-5-10(8-12(14)16(18)19)13(17)9-3-2-4-11(7-9)23(20,21)22/h2-8,10H,1H3,(H,20,21,22). The maximum Gasteiger partial charge on any atom is 0.294 e. The molecule has 2 unspecified atom stereocenters. The summed E-state index contributed by atoms with van der Waals surface area (Å²) >= 11 is 6.01. The number of halogens is 1. The van der Waals surface area contributed by atoms with Crippen molar-refractivity contribution in [3.05, 3.63) is 63.9 Å². The minimum atomic E-state index is -4.45. The van der Waals surface area contributed by atoms with Crippen LogP contribution in [0.3, 0.4) is 0 Å². The molecule has 0 amide bonds. The van der Waals surface area contributed by atoms with Gasteiger partial charge in [-0.15, -0.1) is 11.6 Å². The number of hydrogen-bond acceptors (Lipinski definition) is 5. The molecular weight excluding hydrogens is 346 g/mol. The zero-order valence-corrected chi connectivity index (χ0v) is 13.4. The monoisotopic (exact) mass is 357 g/mol. The largest absolute Gasteiger partial charge is 0.294 e. The van der Waals surface area contributed by atoms with E-state index < -0.39 is 36.5 Å². The van der Waals surface area contributed by atoms with E-state index in [2.05, 4.69) is 0 Å². The van der Waals surface area contributed by atoms with E-state index in [1.54, 1.807) is 0 Å². The summed E-state index contributed by atoms with van der Waals surface area (Å²) in [7, 11) is -4.45. The van der Waals surface area contributed by atoms with Crippen LogP contribution in [0.25, 0.3) is 0 Å². The molecule has 23 heavy (non-hydrogen) atoms. The Morgan fingerprint density at radius 2 is 2.09 bits per heavy atom. The van der Waals surface area contributed by atoms with Crippen LogP contribution in [0.2, 0.25) is 0 Å². The summed E-state index contributed by atoms with van der Waals surface area (Å²) in [6.45, 7) is 1.43. The van der Waals surface area contributed by atoms with Crippen molar-refractivity contribution in [2.75, 3.05) is 0 Å². The predicted molar refractivity (Wildman–Crippen MR) is 82.6 cm³/mol. The van der Waals surface area contributed by atoms with Crippen LogP contribution in [0.15, 0.2) is 53.1 Å². The van der Waals surface area contributed by atoms with Crippen molar-refractivity contribution in [1.29, 1.82) is 0 Å². The van der Waals surface area contributed by atoms with E-state index in [9.17, 15) is 23.3 Å². The van der Waals surface area contributed by atoms with Crippen molar-refractivity contribution < 1.29 is 22.7 Å². The smallest absolute Gasteiger partial charge is 0.293 e. The first-order chi connectivity index (χ1) is 10.5. The second kappa shape index (κ2) is 5.88. The van der Waals surface area contributed by atoms with Gasteiger partial charge in [0.05, 0.1) is 15.7 Å². The highest BCUT2D eigenvalue weighted by Gasteiger charge is 2.38. The first kappa shape index (κ1) is 17.3. The average molecular weight is 358 g/mol. The van der Waals surface area contributed by atoms with Gasteiger partial charge in [-0.1, -0.05) is 24.3 Å². The summed E-state index contributed by atoms with van der Waals surface area (Å²) in [6.07, 6.45) is 3.90. The molecule has 0 saturated carbocycles. The summed E-state index contributed by atoms with van der Waals surface area (Å²) in [5.74, 6) is -1.49. The zero-order valence-electron chi connectivity index (χ0n) is 11.8. The first-order valence-corrected chi connectivity index (χ1v) is 8.21. The fourth-order valence-electron chi connectivity index (χ4n) is 2.16. The van der Waals surface area contributed by atoms with Gasteiger partial charge in [-0.2, -0.15) is 8.42 Å². The van der Waals surface area contributed by atoms with Crippen LogP contribution >= 0.6 is 11.6 Å². The molecule has 0 fully saturated rings. The van der Waals surface area contributed by atoms with Crippen LogP contribution in [-0.4, -0.2) is 28.6 Å². The van der Waals surface area contributed by atoms with Gasteiger partial charge in [-0.05, 0) is 19.1 Å². The van der Waals surface area contributed by atoms with E-state index in [1.807, 2.05) is 0 Å². The number of allylic oxidation sites excluding steroid dienone is 3. The molecule has 1 aliphatic rings. The minimum Gasteiger partial charge on any atom is -0.293 e. The van der Waals surface area contributed by atoms with Gasteiger partial charge in [0.15, 0.2) is 5.78 Å². The van der Waals surface area contributed by atoms with Crippen molar-refractivity contribution in [3.63, 3.8) is 0 Å². The van der Waals surface area contributed by atoms with Crippen LogP contribution in [0.4, 0.5) is 0 Å². The van der Waals surface area contributed by atoms with Gasteiger partial charge in [-0.3, -0.25) is 19.5 Å². The summed E-state index contributed by atoms with van der Waals surface area (Å²) in [4.78, 5) is 21.1. The van der Waals surface area contributed by atoms with Crippen LogP contribution in [0, 0.1) is 16.0 Å². The molecule has 1 aromatic rings. The van der Waals surface area contributed by atoms with Crippen molar-refractivity contribution in [1.82, 2.24) is 0 Å². The zero-order chi connectivity index (χ0) is 17.4. The number of nitrogens with zero attached hydrogens (tertiary/aromatic N) is 1. The van der Waals surface area contributed by atoms with Gasteiger partial charge in [0.2, 0.25) is 0 Å². The number of carbonyl (C=O) groups excluding carboxylic acids is 1. The predicted octanol–water partition coefficient (Wildman–Crippen LogP) is 2.46. The number of nitro groups is 1. The summed E-state index contributed by atoms with van der Waals surface area (Å²) in [5, 5.41) is 11.1. The molecule has 0 heterocycles. The Hall–Kier alpha value is -2.03. The number of rotatable bonds is 4. The topological polar surface area (TPSA) is 115 Å². The molecule has 1 aliphatic carbocycles. The fourth-order valence-corrected chi connectivity index (χ4v) is 2.89. The van der Waals surface area contributed by atoms with Crippen molar-refractivity contribution in [3.8, 4) is 0 Å². The summed E-state index contributed by atoms with van der Waals surface area (Å²) in [6, 6.07) is 4.81. The quantitative estimate of drug-likeness (QED) is 0.221. The number of benzene rings is 1. The first-order valence-electron chi connectivity index (χ1n) is 6.39. The van der Waals surface area contributed by atoms with Crippen LogP contribution in [-0.2, 0) is 10.1 Å². The number of carbonyl (C=O) groups is 1. The van der Waals surface area contributed by atoms with Crippen LogP contribution < -0.4 is 0 Å². The average Bonchev–Trinajstić information content (AvgIpc) is 2.45. The number of alkyl halides is 1. The summed E-state index contributed by atoms with van der Waals surface area (Å²) in [5.41, 5.74) is -0.321. The lowest BCUT2D eigenvalue weighted by atomic mass is 9.88. The lowest BCUT2D eigenvalue weighted by Gasteiger charge is -2.21. The molecule has 7 nitrogen and oxygen atoms in total. The summed E-state index contributed by atoms with van der Waals surface area (Å²) < 4.78 is 31.3. The molecule has 1 aromatic carbocycles. The van der Waals surface area contributed by atoms with Crippen molar-refractivity contribution in [2.24, 2.45) is 5.92 Å². The highest BCUT2D eigenvalue weighted by Crippen LogP contribution is 2.33.